The lowest BCUT2D eigenvalue weighted by molar-refractivity contribution is 0.0494. The quantitative estimate of drug-likeness (QED) is 0.665. The Morgan fingerprint density at radius 2 is 2.23 bits per heavy atom. The summed E-state index contributed by atoms with van der Waals surface area (Å²) in [7, 11) is 0. The van der Waals surface area contributed by atoms with Crippen molar-refractivity contribution in [3.63, 3.8) is 0 Å². The third kappa shape index (κ3) is 2.33. The number of hydrazine groups is 1. The molecule has 1 aliphatic heterocycles. The Kier molecular flexibility index (Phi) is 2.63. The topological polar surface area (TPSA) is 63.2 Å². The van der Waals surface area contributed by atoms with Crippen LogP contribution in [0.2, 0.25) is 0 Å². The molecule has 6 heteroatoms. The van der Waals surface area contributed by atoms with E-state index in [4.69, 9.17) is 4.74 Å². The molecule has 0 aromatic carbocycles. The third-order valence-corrected chi connectivity index (χ3v) is 1.79. The van der Waals surface area contributed by atoms with Crippen LogP contribution in [0.3, 0.4) is 0 Å². The molecule has 0 saturated carbocycles. The van der Waals surface area contributed by atoms with Gasteiger partial charge in [0.1, 0.15) is 0 Å². The van der Waals surface area contributed by atoms with E-state index in [2.05, 4.69) is 20.8 Å². The molecule has 0 atom stereocenters. The Labute approximate surface area is 75.9 Å². The number of hydrogen-bond acceptors (Lipinski definition) is 6. The molecule has 0 spiro atoms. The minimum absolute atomic E-state index is 0.719. The van der Waals surface area contributed by atoms with E-state index in [-0.39, 0.29) is 0 Å². The average molecular weight is 181 g/mol. The summed E-state index contributed by atoms with van der Waals surface area (Å²) >= 11 is 0. The largest absolute Gasteiger partial charge is 0.379 e. The average Bonchev–Trinajstić information content (AvgIpc) is 2.21. The van der Waals surface area contributed by atoms with Crippen molar-refractivity contribution < 1.29 is 4.74 Å². The van der Waals surface area contributed by atoms with Gasteiger partial charge >= 0.3 is 0 Å². The van der Waals surface area contributed by atoms with Gasteiger partial charge in [0.25, 0.3) is 0 Å². The van der Waals surface area contributed by atoms with Gasteiger partial charge in [-0.05, 0) is 5.21 Å². The van der Waals surface area contributed by atoms with Crippen molar-refractivity contribution >= 4 is 5.82 Å². The summed E-state index contributed by atoms with van der Waals surface area (Å²) in [5, 5.41) is 13.0. The molecule has 0 aliphatic carbocycles. The van der Waals surface area contributed by atoms with Gasteiger partial charge in [-0.1, -0.05) is 0 Å². The summed E-state index contributed by atoms with van der Waals surface area (Å²) in [5.74, 6) is 0.719. The first kappa shape index (κ1) is 8.33. The lowest BCUT2D eigenvalue weighted by Gasteiger charge is -2.26. The smallest absolute Gasteiger partial charge is 0.166 e. The second-order valence-corrected chi connectivity index (χ2v) is 2.72. The van der Waals surface area contributed by atoms with E-state index in [1.54, 1.807) is 12.3 Å². The van der Waals surface area contributed by atoms with Gasteiger partial charge in [0.2, 0.25) is 0 Å². The summed E-state index contributed by atoms with van der Waals surface area (Å²) in [5.41, 5.74) is 3.12. The Bertz CT molecular complexity index is 248. The molecule has 1 aliphatic rings. The number of nitrogens with one attached hydrogen (secondary N) is 1. The van der Waals surface area contributed by atoms with Crippen molar-refractivity contribution in [1.29, 1.82) is 0 Å². The first-order chi connectivity index (χ1) is 6.45. The third-order valence-electron chi connectivity index (χ3n) is 1.79. The van der Waals surface area contributed by atoms with E-state index >= 15 is 0 Å². The van der Waals surface area contributed by atoms with Crippen LogP contribution in [0.4, 0.5) is 5.82 Å². The molecular weight excluding hydrogens is 170 g/mol. The molecule has 1 aromatic heterocycles. The fourth-order valence-electron chi connectivity index (χ4n) is 1.14. The molecule has 13 heavy (non-hydrogen) atoms. The van der Waals surface area contributed by atoms with Crippen LogP contribution in [0.1, 0.15) is 0 Å². The van der Waals surface area contributed by atoms with Crippen LogP contribution in [0.5, 0.6) is 0 Å². The molecule has 0 radical (unpaired) electrons. The first-order valence-corrected chi connectivity index (χ1v) is 4.19. The van der Waals surface area contributed by atoms with E-state index in [9.17, 15) is 0 Å². The van der Waals surface area contributed by atoms with Gasteiger partial charge in [-0.15, -0.1) is 10.2 Å². The van der Waals surface area contributed by atoms with Gasteiger partial charge in [0.05, 0.1) is 19.4 Å². The number of nitrogens with zero attached hydrogens (tertiary/aromatic N) is 4. The molecule has 6 nitrogen and oxygen atoms in total. The second-order valence-electron chi connectivity index (χ2n) is 2.72. The molecule has 1 fully saturated rings. The second kappa shape index (κ2) is 4.11. The van der Waals surface area contributed by atoms with E-state index in [0.717, 1.165) is 32.1 Å². The van der Waals surface area contributed by atoms with E-state index in [1.165, 1.54) is 0 Å². The molecule has 70 valence electrons. The predicted molar refractivity (Wildman–Crippen MR) is 45.8 cm³/mol. The lowest BCUT2D eigenvalue weighted by Crippen LogP contribution is -2.40. The Morgan fingerprint density at radius 3 is 2.92 bits per heavy atom. The van der Waals surface area contributed by atoms with Gasteiger partial charge in [-0.3, -0.25) is 0 Å². The maximum Gasteiger partial charge on any atom is 0.166 e. The normalized spacial score (nSPS) is 18.5. The highest BCUT2D eigenvalue weighted by molar-refractivity contribution is 5.28. The van der Waals surface area contributed by atoms with Gasteiger partial charge < -0.3 is 10.2 Å². The number of rotatable bonds is 2. The fraction of sp³-hybridized carbons (Fsp3) is 0.571. The van der Waals surface area contributed by atoms with Crippen LogP contribution in [0.25, 0.3) is 0 Å². The molecule has 2 heterocycles. The van der Waals surface area contributed by atoms with Crippen molar-refractivity contribution in [2.75, 3.05) is 31.7 Å². The maximum atomic E-state index is 5.21. The molecule has 0 unspecified atom stereocenters. The molecule has 2 rings (SSSR count). The number of morpholine rings is 1. The van der Waals surface area contributed by atoms with Crippen molar-refractivity contribution in [3.05, 3.63) is 12.3 Å². The molecule has 0 bridgehead atoms. The minimum atomic E-state index is 0.719. The summed E-state index contributed by atoms with van der Waals surface area (Å²) < 4.78 is 5.21. The number of aromatic nitrogens is 3. The highest BCUT2D eigenvalue weighted by Crippen LogP contribution is 2.01. The van der Waals surface area contributed by atoms with Crippen LogP contribution in [0, 0.1) is 0 Å². The summed E-state index contributed by atoms with van der Waals surface area (Å²) in [6.45, 7) is 3.24. The van der Waals surface area contributed by atoms with Crippen LogP contribution in [0.15, 0.2) is 12.3 Å². The van der Waals surface area contributed by atoms with Gasteiger partial charge in [-0.25, -0.2) is 5.01 Å². The van der Waals surface area contributed by atoms with E-state index in [0.29, 0.717) is 0 Å². The Balaban J connectivity index is 1.90. The zero-order valence-corrected chi connectivity index (χ0v) is 7.18. The van der Waals surface area contributed by atoms with Gasteiger partial charge in [0.15, 0.2) is 5.82 Å². The van der Waals surface area contributed by atoms with Crippen molar-refractivity contribution in [3.8, 4) is 0 Å². The maximum absolute atomic E-state index is 5.21. The molecular formula is C7H11N5O. The molecule has 0 amide bonds. The fourth-order valence-corrected chi connectivity index (χ4v) is 1.14. The number of anilines is 1. The van der Waals surface area contributed by atoms with Crippen LogP contribution in [-0.4, -0.2) is 46.7 Å². The van der Waals surface area contributed by atoms with E-state index < -0.39 is 0 Å². The van der Waals surface area contributed by atoms with Crippen LogP contribution >= 0.6 is 0 Å². The highest BCUT2D eigenvalue weighted by atomic mass is 16.5. The summed E-state index contributed by atoms with van der Waals surface area (Å²) in [4.78, 5) is 0. The Morgan fingerprint density at radius 1 is 1.38 bits per heavy atom. The Hall–Kier alpha value is -1.27. The van der Waals surface area contributed by atoms with E-state index in [1.807, 2.05) is 5.01 Å². The van der Waals surface area contributed by atoms with Crippen LogP contribution < -0.4 is 5.43 Å². The van der Waals surface area contributed by atoms with Crippen LogP contribution in [-0.2, 0) is 4.74 Å². The van der Waals surface area contributed by atoms with Crippen molar-refractivity contribution in [2.24, 2.45) is 0 Å². The monoisotopic (exact) mass is 181 g/mol. The predicted octanol–water partition coefficient (Wildman–Crippen LogP) is -0.469. The summed E-state index contributed by atoms with van der Waals surface area (Å²) in [6, 6.07) is 1.78. The number of ether oxygens (including phenoxy) is 1. The summed E-state index contributed by atoms with van der Waals surface area (Å²) in [6.07, 6.45) is 1.61. The zero-order valence-electron chi connectivity index (χ0n) is 7.18. The zero-order chi connectivity index (χ0) is 8.93. The molecule has 1 N–H and O–H groups in total. The highest BCUT2D eigenvalue weighted by Gasteiger charge is 2.09. The molecule has 1 aromatic rings. The lowest BCUT2D eigenvalue weighted by atomic mass is 10.5. The van der Waals surface area contributed by atoms with Gasteiger partial charge in [-0.2, -0.15) is 0 Å². The standard InChI is InChI=1S/C7H11N5O/c1-2-8-11-9-7(1)10-12-3-5-13-6-4-12/h1-2H,3-6H2,(H,8,9,10). The number of hydrogen-bond donors (Lipinski definition) is 1. The van der Waals surface area contributed by atoms with Crippen molar-refractivity contribution in [2.45, 2.75) is 0 Å². The molecule has 1 saturated heterocycles. The SMILES string of the molecule is c1cc(NN2CCOCC2)nnn1. The van der Waals surface area contributed by atoms with Gasteiger partial charge in [0, 0.05) is 19.2 Å². The minimum Gasteiger partial charge on any atom is -0.379 e. The van der Waals surface area contributed by atoms with Crippen molar-refractivity contribution in [1.82, 2.24) is 20.4 Å². The first-order valence-electron chi connectivity index (χ1n) is 4.19.